The van der Waals surface area contributed by atoms with Crippen molar-refractivity contribution in [3.05, 3.63) is 35.8 Å². The number of amides is 1. The number of aryl methyl sites for hydroxylation is 1. The SMILES string of the molecule is CCOC(=O)NS(=O)(=O)CNc1n[nH]c(C)c1-c1ccc(F)cc1. The third-order valence-electron chi connectivity index (χ3n) is 3.02. The summed E-state index contributed by atoms with van der Waals surface area (Å²) in [5, 5.41) is 9.37. The molecule has 3 N–H and O–H groups in total. The molecule has 0 aliphatic rings. The number of sulfonamides is 1. The first-order valence-corrected chi connectivity index (χ1v) is 8.69. The third-order valence-corrected chi connectivity index (χ3v) is 4.03. The minimum absolute atomic E-state index is 0.0576. The molecule has 0 aliphatic carbocycles. The topological polar surface area (TPSA) is 113 Å². The number of benzene rings is 1. The van der Waals surface area contributed by atoms with Gasteiger partial charge in [-0.25, -0.2) is 22.3 Å². The molecule has 10 heteroatoms. The Morgan fingerprint density at radius 2 is 2.00 bits per heavy atom. The van der Waals surface area contributed by atoms with Gasteiger partial charge in [-0.15, -0.1) is 0 Å². The summed E-state index contributed by atoms with van der Waals surface area (Å²) in [6.45, 7) is 3.37. The first kappa shape index (κ1) is 17.7. The molecule has 0 saturated carbocycles. The van der Waals surface area contributed by atoms with Crippen LogP contribution < -0.4 is 10.0 Å². The molecule has 0 spiro atoms. The number of rotatable bonds is 6. The molecule has 8 nitrogen and oxygen atoms in total. The van der Waals surface area contributed by atoms with E-state index in [1.54, 1.807) is 30.7 Å². The van der Waals surface area contributed by atoms with Gasteiger partial charge in [0.25, 0.3) is 10.0 Å². The molecule has 0 aliphatic heterocycles. The van der Waals surface area contributed by atoms with Crippen molar-refractivity contribution in [2.75, 3.05) is 17.8 Å². The van der Waals surface area contributed by atoms with Crippen LogP contribution in [0.3, 0.4) is 0 Å². The van der Waals surface area contributed by atoms with E-state index in [2.05, 4.69) is 20.3 Å². The van der Waals surface area contributed by atoms with Gasteiger partial charge in [0.15, 0.2) is 5.82 Å². The Hall–Kier alpha value is -2.62. The summed E-state index contributed by atoms with van der Waals surface area (Å²) >= 11 is 0. The van der Waals surface area contributed by atoms with E-state index in [-0.39, 0.29) is 18.2 Å². The van der Waals surface area contributed by atoms with Crippen LogP contribution in [-0.2, 0) is 14.8 Å². The largest absolute Gasteiger partial charge is 0.449 e. The maximum atomic E-state index is 13.0. The summed E-state index contributed by atoms with van der Waals surface area (Å²) in [5.41, 5.74) is 1.96. The zero-order valence-corrected chi connectivity index (χ0v) is 13.9. The summed E-state index contributed by atoms with van der Waals surface area (Å²) in [6.07, 6.45) is -1.05. The molecule has 1 aromatic carbocycles. The zero-order chi connectivity index (χ0) is 17.7. The molecule has 130 valence electrons. The van der Waals surface area contributed by atoms with Crippen LogP contribution in [0.5, 0.6) is 0 Å². The van der Waals surface area contributed by atoms with Crippen LogP contribution in [-0.4, -0.2) is 37.2 Å². The second-order valence-corrected chi connectivity index (χ2v) is 6.56. The van der Waals surface area contributed by atoms with E-state index in [1.165, 1.54) is 12.1 Å². The van der Waals surface area contributed by atoms with Crippen molar-refractivity contribution in [3.63, 3.8) is 0 Å². The monoisotopic (exact) mass is 356 g/mol. The number of hydrogen-bond donors (Lipinski definition) is 3. The third kappa shape index (κ3) is 4.44. The van der Waals surface area contributed by atoms with Gasteiger partial charge < -0.3 is 10.1 Å². The lowest BCUT2D eigenvalue weighted by molar-refractivity contribution is 0.158. The molecule has 0 unspecified atom stereocenters. The van der Waals surface area contributed by atoms with E-state index in [9.17, 15) is 17.6 Å². The summed E-state index contributed by atoms with van der Waals surface area (Å²) in [6, 6.07) is 5.71. The molecule has 1 aromatic heterocycles. The highest BCUT2D eigenvalue weighted by molar-refractivity contribution is 7.90. The normalized spacial score (nSPS) is 11.1. The molecule has 0 atom stereocenters. The molecule has 0 radical (unpaired) electrons. The van der Waals surface area contributed by atoms with Crippen molar-refractivity contribution in [1.82, 2.24) is 14.9 Å². The van der Waals surface area contributed by atoms with Gasteiger partial charge in [-0.1, -0.05) is 12.1 Å². The van der Waals surface area contributed by atoms with Crippen molar-refractivity contribution in [3.8, 4) is 11.1 Å². The predicted molar refractivity (Wildman–Crippen MR) is 86.3 cm³/mol. The van der Waals surface area contributed by atoms with Gasteiger partial charge in [0.2, 0.25) is 0 Å². The van der Waals surface area contributed by atoms with Gasteiger partial charge in [-0.2, -0.15) is 5.10 Å². The van der Waals surface area contributed by atoms with E-state index >= 15 is 0 Å². The number of ether oxygens (including phenoxy) is 1. The average Bonchev–Trinajstić information content (AvgIpc) is 2.87. The molecule has 0 bridgehead atoms. The molecular weight excluding hydrogens is 339 g/mol. The number of halogens is 1. The maximum absolute atomic E-state index is 13.0. The molecular formula is C14H17FN4O4S. The maximum Gasteiger partial charge on any atom is 0.420 e. The first-order chi connectivity index (χ1) is 11.3. The summed E-state index contributed by atoms with van der Waals surface area (Å²) < 4.78 is 43.0. The first-order valence-electron chi connectivity index (χ1n) is 7.04. The lowest BCUT2D eigenvalue weighted by atomic mass is 10.1. The number of hydrogen-bond acceptors (Lipinski definition) is 6. The van der Waals surface area contributed by atoms with Gasteiger partial charge in [0.05, 0.1) is 6.61 Å². The van der Waals surface area contributed by atoms with E-state index in [0.717, 1.165) is 0 Å². The minimum atomic E-state index is -3.95. The number of anilines is 1. The summed E-state index contributed by atoms with van der Waals surface area (Å²) in [5.74, 6) is -0.687. The highest BCUT2D eigenvalue weighted by Crippen LogP contribution is 2.29. The lowest BCUT2D eigenvalue weighted by Crippen LogP contribution is -2.35. The van der Waals surface area contributed by atoms with Gasteiger partial charge in [-0.05, 0) is 31.5 Å². The summed E-state index contributed by atoms with van der Waals surface area (Å²) in [7, 11) is -3.95. The van der Waals surface area contributed by atoms with Crippen LogP contribution >= 0.6 is 0 Å². The molecule has 2 rings (SSSR count). The molecule has 2 aromatic rings. The quantitative estimate of drug-likeness (QED) is 0.729. The van der Waals surface area contributed by atoms with Gasteiger partial charge >= 0.3 is 6.09 Å². The fourth-order valence-electron chi connectivity index (χ4n) is 2.01. The van der Waals surface area contributed by atoms with E-state index in [1.807, 2.05) is 0 Å². The van der Waals surface area contributed by atoms with Crippen LogP contribution in [0.25, 0.3) is 11.1 Å². The predicted octanol–water partition coefficient (Wildman–Crippen LogP) is 1.97. The molecule has 24 heavy (non-hydrogen) atoms. The number of carbonyl (C=O) groups excluding carboxylic acids is 1. The van der Waals surface area contributed by atoms with Crippen molar-refractivity contribution in [2.45, 2.75) is 13.8 Å². The Morgan fingerprint density at radius 3 is 2.62 bits per heavy atom. The van der Waals surface area contributed by atoms with Crippen molar-refractivity contribution < 1.29 is 22.3 Å². The number of aromatic nitrogens is 2. The van der Waals surface area contributed by atoms with Gasteiger partial charge in [0, 0.05) is 11.3 Å². The standard InChI is InChI=1S/C14H17FN4O4S/c1-3-23-14(20)19-24(21,22)8-16-13-12(9(2)17-18-13)10-4-6-11(15)7-5-10/h4-7H,3,8H2,1-2H3,(H,19,20)(H2,16,17,18). The van der Waals surface area contributed by atoms with Crippen molar-refractivity contribution in [1.29, 1.82) is 0 Å². The number of nitrogens with one attached hydrogen (secondary N) is 3. The number of nitrogens with zero attached hydrogens (tertiary/aromatic N) is 1. The van der Waals surface area contributed by atoms with E-state index < -0.39 is 22.0 Å². The molecule has 1 amide bonds. The van der Waals surface area contributed by atoms with Crippen LogP contribution in [0.2, 0.25) is 0 Å². The highest BCUT2D eigenvalue weighted by atomic mass is 32.2. The van der Waals surface area contributed by atoms with Crippen LogP contribution in [0, 0.1) is 12.7 Å². The fraction of sp³-hybridized carbons (Fsp3) is 0.286. The second-order valence-electron chi connectivity index (χ2n) is 4.84. The van der Waals surface area contributed by atoms with Crippen LogP contribution in [0.15, 0.2) is 24.3 Å². The lowest BCUT2D eigenvalue weighted by Gasteiger charge is -2.09. The minimum Gasteiger partial charge on any atom is -0.449 e. The Balaban J connectivity index is 2.14. The fourth-order valence-corrected chi connectivity index (χ4v) is 2.73. The molecule has 1 heterocycles. The average molecular weight is 356 g/mol. The van der Waals surface area contributed by atoms with Crippen LogP contribution in [0.4, 0.5) is 15.0 Å². The molecule has 0 saturated heterocycles. The number of H-pyrrole nitrogens is 1. The van der Waals surface area contributed by atoms with Crippen LogP contribution in [0.1, 0.15) is 12.6 Å². The zero-order valence-electron chi connectivity index (χ0n) is 13.1. The Morgan fingerprint density at radius 1 is 1.33 bits per heavy atom. The van der Waals surface area contributed by atoms with Gasteiger partial charge in [-0.3, -0.25) is 5.10 Å². The summed E-state index contributed by atoms with van der Waals surface area (Å²) in [4.78, 5) is 11.2. The smallest absolute Gasteiger partial charge is 0.420 e. The van der Waals surface area contributed by atoms with Crippen molar-refractivity contribution >= 4 is 21.9 Å². The number of carbonyl (C=O) groups is 1. The van der Waals surface area contributed by atoms with E-state index in [4.69, 9.17) is 0 Å². The Kier molecular flexibility index (Phi) is 5.39. The number of aromatic amines is 1. The second kappa shape index (κ2) is 7.30. The molecule has 0 fully saturated rings. The highest BCUT2D eigenvalue weighted by Gasteiger charge is 2.18. The van der Waals surface area contributed by atoms with E-state index in [0.29, 0.717) is 16.8 Å². The van der Waals surface area contributed by atoms with Gasteiger partial charge in [0.1, 0.15) is 11.7 Å². The van der Waals surface area contributed by atoms with Crippen molar-refractivity contribution in [2.24, 2.45) is 0 Å². The Bertz CT molecular complexity index is 818. The Labute approximate surface area is 138 Å².